The van der Waals surface area contributed by atoms with Gasteiger partial charge in [-0.1, -0.05) is 25.5 Å². The Morgan fingerprint density at radius 1 is 1.38 bits per heavy atom. The van der Waals surface area contributed by atoms with Gasteiger partial charge in [-0.15, -0.1) is 0 Å². The summed E-state index contributed by atoms with van der Waals surface area (Å²) in [5.41, 5.74) is 5.81. The van der Waals surface area contributed by atoms with Crippen LogP contribution in [0.25, 0.3) is 0 Å². The maximum absolute atomic E-state index is 5.81. The molecule has 1 saturated heterocycles. The molecule has 2 atom stereocenters. The second-order valence-electron chi connectivity index (χ2n) is 4.54. The SMILES string of the molecule is CCC1CN(CC2C=CC(N)C2)C1. The molecular weight excluding hydrogens is 160 g/mol. The van der Waals surface area contributed by atoms with Crippen molar-refractivity contribution >= 4 is 0 Å². The van der Waals surface area contributed by atoms with Crippen LogP contribution in [0.15, 0.2) is 12.2 Å². The molecule has 2 N–H and O–H groups in total. The molecule has 2 unspecified atom stereocenters. The smallest absolute Gasteiger partial charge is 0.0229 e. The van der Waals surface area contributed by atoms with Crippen molar-refractivity contribution in [2.75, 3.05) is 19.6 Å². The van der Waals surface area contributed by atoms with Gasteiger partial charge >= 0.3 is 0 Å². The molecule has 74 valence electrons. The number of nitrogens with zero attached hydrogens (tertiary/aromatic N) is 1. The maximum atomic E-state index is 5.81. The van der Waals surface area contributed by atoms with Gasteiger partial charge in [-0.2, -0.15) is 0 Å². The Morgan fingerprint density at radius 3 is 2.69 bits per heavy atom. The molecular formula is C11H20N2. The lowest BCUT2D eigenvalue weighted by Gasteiger charge is -2.40. The second kappa shape index (κ2) is 3.81. The molecule has 0 amide bonds. The van der Waals surface area contributed by atoms with Gasteiger partial charge in [0.25, 0.3) is 0 Å². The molecule has 2 nitrogen and oxygen atoms in total. The van der Waals surface area contributed by atoms with Crippen molar-refractivity contribution in [2.24, 2.45) is 17.6 Å². The average Bonchev–Trinajstić information content (AvgIpc) is 2.43. The van der Waals surface area contributed by atoms with Crippen molar-refractivity contribution in [1.29, 1.82) is 0 Å². The fourth-order valence-corrected chi connectivity index (χ4v) is 2.36. The van der Waals surface area contributed by atoms with Gasteiger partial charge in [0.05, 0.1) is 0 Å². The zero-order valence-corrected chi connectivity index (χ0v) is 8.45. The highest BCUT2D eigenvalue weighted by Crippen LogP contribution is 2.23. The van der Waals surface area contributed by atoms with Crippen LogP contribution >= 0.6 is 0 Å². The molecule has 1 aliphatic carbocycles. The minimum atomic E-state index is 0.327. The van der Waals surface area contributed by atoms with Gasteiger partial charge in [0, 0.05) is 25.7 Å². The van der Waals surface area contributed by atoms with Gasteiger partial charge < -0.3 is 10.6 Å². The number of rotatable bonds is 3. The molecule has 1 aliphatic heterocycles. The summed E-state index contributed by atoms with van der Waals surface area (Å²) in [6.45, 7) is 6.15. The van der Waals surface area contributed by atoms with E-state index in [1.165, 1.54) is 26.1 Å². The van der Waals surface area contributed by atoms with Gasteiger partial charge in [-0.3, -0.25) is 0 Å². The van der Waals surface area contributed by atoms with E-state index in [4.69, 9.17) is 5.73 Å². The third-order valence-electron chi connectivity index (χ3n) is 3.31. The first kappa shape index (κ1) is 9.22. The Bertz CT molecular complexity index is 194. The van der Waals surface area contributed by atoms with E-state index in [1.807, 2.05) is 0 Å². The summed E-state index contributed by atoms with van der Waals surface area (Å²) in [4.78, 5) is 2.56. The van der Waals surface area contributed by atoms with Crippen LogP contribution in [0.3, 0.4) is 0 Å². The van der Waals surface area contributed by atoms with Gasteiger partial charge in [0.15, 0.2) is 0 Å². The molecule has 0 aromatic rings. The van der Waals surface area contributed by atoms with Crippen molar-refractivity contribution in [3.05, 3.63) is 12.2 Å². The molecule has 0 spiro atoms. The molecule has 2 aliphatic rings. The lowest BCUT2D eigenvalue weighted by atomic mass is 9.95. The maximum Gasteiger partial charge on any atom is 0.0229 e. The monoisotopic (exact) mass is 180 g/mol. The van der Waals surface area contributed by atoms with Crippen LogP contribution in [0.1, 0.15) is 19.8 Å². The summed E-state index contributed by atoms with van der Waals surface area (Å²) >= 11 is 0. The van der Waals surface area contributed by atoms with Crippen molar-refractivity contribution in [3.8, 4) is 0 Å². The van der Waals surface area contributed by atoms with E-state index in [2.05, 4.69) is 24.0 Å². The first-order chi connectivity index (χ1) is 6.28. The number of nitrogens with two attached hydrogens (primary N) is 1. The standard InChI is InChI=1S/C11H20N2/c1-2-9-6-13(7-9)8-10-3-4-11(12)5-10/h3-4,9-11H,2,5-8,12H2,1H3. The predicted octanol–water partition coefficient (Wildman–Crippen LogP) is 1.23. The van der Waals surface area contributed by atoms with E-state index in [1.54, 1.807) is 0 Å². The van der Waals surface area contributed by atoms with Crippen LogP contribution in [0, 0.1) is 11.8 Å². The van der Waals surface area contributed by atoms with E-state index in [9.17, 15) is 0 Å². The Morgan fingerprint density at radius 2 is 2.15 bits per heavy atom. The highest BCUT2D eigenvalue weighted by Gasteiger charge is 2.27. The van der Waals surface area contributed by atoms with Crippen molar-refractivity contribution < 1.29 is 0 Å². The number of hydrogen-bond acceptors (Lipinski definition) is 2. The van der Waals surface area contributed by atoms with Crippen molar-refractivity contribution in [2.45, 2.75) is 25.8 Å². The van der Waals surface area contributed by atoms with Gasteiger partial charge in [0.1, 0.15) is 0 Å². The lowest BCUT2D eigenvalue weighted by molar-refractivity contribution is 0.0857. The molecule has 0 radical (unpaired) electrons. The fraction of sp³-hybridized carbons (Fsp3) is 0.818. The largest absolute Gasteiger partial charge is 0.324 e. The summed E-state index contributed by atoms with van der Waals surface area (Å²) in [6.07, 6.45) is 6.95. The average molecular weight is 180 g/mol. The molecule has 0 aromatic carbocycles. The summed E-state index contributed by atoms with van der Waals surface area (Å²) in [5, 5.41) is 0. The minimum absolute atomic E-state index is 0.327. The van der Waals surface area contributed by atoms with Crippen LogP contribution in [0.4, 0.5) is 0 Å². The first-order valence-electron chi connectivity index (χ1n) is 5.44. The fourth-order valence-electron chi connectivity index (χ4n) is 2.36. The Kier molecular flexibility index (Phi) is 2.70. The van der Waals surface area contributed by atoms with E-state index in [0.29, 0.717) is 6.04 Å². The van der Waals surface area contributed by atoms with Crippen LogP contribution in [0.2, 0.25) is 0 Å². The molecule has 0 bridgehead atoms. The molecule has 2 heteroatoms. The highest BCUT2D eigenvalue weighted by molar-refractivity contribution is 5.05. The normalized spacial score (nSPS) is 35.2. The number of likely N-dealkylation sites (tertiary alicyclic amines) is 1. The van der Waals surface area contributed by atoms with Crippen LogP contribution in [-0.2, 0) is 0 Å². The first-order valence-corrected chi connectivity index (χ1v) is 5.44. The van der Waals surface area contributed by atoms with Gasteiger partial charge in [-0.05, 0) is 18.3 Å². The lowest BCUT2D eigenvalue weighted by Crippen LogP contribution is -2.48. The summed E-state index contributed by atoms with van der Waals surface area (Å²) in [6, 6.07) is 0.327. The quantitative estimate of drug-likeness (QED) is 0.662. The van der Waals surface area contributed by atoms with Crippen LogP contribution in [0.5, 0.6) is 0 Å². The van der Waals surface area contributed by atoms with Crippen molar-refractivity contribution in [1.82, 2.24) is 4.90 Å². The third kappa shape index (κ3) is 2.12. The molecule has 13 heavy (non-hydrogen) atoms. The molecule has 0 saturated carbocycles. The second-order valence-corrected chi connectivity index (χ2v) is 4.54. The van der Waals surface area contributed by atoms with E-state index < -0.39 is 0 Å². The molecule has 1 heterocycles. The van der Waals surface area contributed by atoms with Crippen LogP contribution in [-0.4, -0.2) is 30.6 Å². The Labute approximate surface area is 80.8 Å². The van der Waals surface area contributed by atoms with Crippen molar-refractivity contribution in [3.63, 3.8) is 0 Å². The topological polar surface area (TPSA) is 29.3 Å². The Balaban J connectivity index is 1.67. The molecule has 1 fully saturated rings. The summed E-state index contributed by atoms with van der Waals surface area (Å²) in [5.74, 6) is 1.70. The molecule has 0 aromatic heterocycles. The number of hydrogen-bond donors (Lipinski definition) is 1. The summed E-state index contributed by atoms with van der Waals surface area (Å²) < 4.78 is 0. The van der Waals surface area contributed by atoms with Gasteiger partial charge in [0.2, 0.25) is 0 Å². The summed E-state index contributed by atoms with van der Waals surface area (Å²) in [7, 11) is 0. The van der Waals surface area contributed by atoms with E-state index in [0.717, 1.165) is 18.3 Å². The highest BCUT2D eigenvalue weighted by atomic mass is 15.2. The van der Waals surface area contributed by atoms with E-state index >= 15 is 0 Å². The minimum Gasteiger partial charge on any atom is -0.324 e. The third-order valence-corrected chi connectivity index (χ3v) is 3.31. The zero-order valence-electron chi connectivity index (χ0n) is 8.45. The van der Waals surface area contributed by atoms with Crippen LogP contribution < -0.4 is 5.73 Å². The van der Waals surface area contributed by atoms with Gasteiger partial charge in [-0.25, -0.2) is 0 Å². The van der Waals surface area contributed by atoms with E-state index in [-0.39, 0.29) is 0 Å². The Hall–Kier alpha value is -0.340. The predicted molar refractivity (Wildman–Crippen MR) is 55.4 cm³/mol. The molecule has 2 rings (SSSR count). The zero-order chi connectivity index (χ0) is 9.26.